The molecule has 0 heterocycles. The lowest BCUT2D eigenvalue weighted by Crippen LogP contribution is -2.17. The van der Waals surface area contributed by atoms with Crippen LogP contribution in [-0.4, -0.2) is 42.8 Å². The summed E-state index contributed by atoms with van der Waals surface area (Å²) >= 11 is 6.20. The number of hydrogen-bond acceptors (Lipinski definition) is 5. The van der Waals surface area contributed by atoms with E-state index in [4.69, 9.17) is 21.1 Å². The topological polar surface area (TPSA) is 67.9 Å². The number of para-hydroxylation sites is 1. The van der Waals surface area contributed by atoms with Gasteiger partial charge in [0.2, 0.25) is 0 Å². The monoisotopic (exact) mass is 398 g/mol. The normalized spacial score (nSPS) is 11.3. The van der Waals surface area contributed by atoms with Crippen LogP contribution < -0.4 is 14.4 Å². The van der Waals surface area contributed by atoms with Crippen molar-refractivity contribution in [3.8, 4) is 5.75 Å². The molecule has 142 valence electrons. The molecule has 0 atom stereocenters. The first-order chi connectivity index (χ1) is 12.3. The van der Waals surface area contributed by atoms with Gasteiger partial charge in [-0.05, 0) is 42.8 Å². The molecule has 2 aromatic rings. The SMILES string of the molecule is COCCOc1ccc(S(=O)(=O)Nc2cccc(Cl)c2N(C)C)cc1C. The van der Waals surface area contributed by atoms with Crippen LogP contribution in [0.5, 0.6) is 5.75 Å². The van der Waals surface area contributed by atoms with Gasteiger partial charge in [-0.3, -0.25) is 4.72 Å². The number of nitrogens with one attached hydrogen (secondary N) is 1. The fourth-order valence-corrected chi connectivity index (χ4v) is 3.94. The smallest absolute Gasteiger partial charge is 0.261 e. The average molecular weight is 399 g/mol. The van der Waals surface area contributed by atoms with E-state index < -0.39 is 10.0 Å². The third kappa shape index (κ3) is 4.81. The Balaban J connectivity index is 2.29. The van der Waals surface area contributed by atoms with Crippen LogP contribution in [0.1, 0.15) is 5.56 Å². The third-order valence-electron chi connectivity index (χ3n) is 3.68. The Hall–Kier alpha value is -1.96. The molecule has 2 aromatic carbocycles. The highest BCUT2D eigenvalue weighted by Gasteiger charge is 2.19. The molecular formula is C18H23ClN2O4S. The van der Waals surface area contributed by atoms with Crippen molar-refractivity contribution in [2.75, 3.05) is 44.0 Å². The average Bonchev–Trinajstić information content (AvgIpc) is 2.55. The van der Waals surface area contributed by atoms with Gasteiger partial charge in [-0.2, -0.15) is 0 Å². The number of sulfonamides is 1. The van der Waals surface area contributed by atoms with E-state index in [1.165, 1.54) is 6.07 Å². The van der Waals surface area contributed by atoms with Crippen molar-refractivity contribution in [3.63, 3.8) is 0 Å². The van der Waals surface area contributed by atoms with Crippen LogP contribution in [0.25, 0.3) is 0 Å². The molecule has 0 aliphatic heterocycles. The highest BCUT2D eigenvalue weighted by molar-refractivity contribution is 7.92. The quantitative estimate of drug-likeness (QED) is 0.689. The van der Waals surface area contributed by atoms with E-state index in [2.05, 4.69) is 4.72 Å². The van der Waals surface area contributed by atoms with Gasteiger partial charge < -0.3 is 14.4 Å². The minimum absolute atomic E-state index is 0.152. The van der Waals surface area contributed by atoms with E-state index in [1.54, 1.807) is 63.4 Å². The van der Waals surface area contributed by atoms with Crippen LogP contribution in [0, 0.1) is 6.92 Å². The fraction of sp³-hybridized carbons (Fsp3) is 0.333. The van der Waals surface area contributed by atoms with Crippen molar-refractivity contribution >= 4 is 33.0 Å². The molecule has 0 bridgehead atoms. The molecule has 0 fully saturated rings. The summed E-state index contributed by atoms with van der Waals surface area (Å²) in [5, 5.41) is 0.466. The van der Waals surface area contributed by atoms with E-state index in [0.29, 0.717) is 35.4 Å². The van der Waals surface area contributed by atoms with Gasteiger partial charge >= 0.3 is 0 Å². The predicted octanol–water partition coefficient (Wildman–Crippen LogP) is 3.54. The summed E-state index contributed by atoms with van der Waals surface area (Å²) in [6.45, 7) is 2.66. The van der Waals surface area contributed by atoms with Crippen molar-refractivity contribution in [2.24, 2.45) is 0 Å². The number of ether oxygens (including phenoxy) is 2. The Morgan fingerprint density at radius 3 is 2.50 bits per heavy atom. The minimum Gasteiger partial charge on any atom is -0.491 e. The Kier molecular flexibility index (Phi) is 6.75. The lowest BCUT2D eigenvalue weighted by molar-refractivity contribution is 0.146. The molecule has 8 heteroatoms. The Labute approximate surface area is 159 Å². The summed E-state index contributed by atoms with van der Waals surface area (Å²) in [5.74, 6) is 0.623. The number of hydrogen-bond donors (Lipinski definition) is 1. The minimum atomic E-state index is -3.77. The first-order valence-electron chi connectivity index (χ1n) is 7.97. The maximum absolute atomic E-state index is 12.8. The van der Waals surface area contributed by atoms with E-state index >= 15 is 0 Å². The number of halogens is 1. The van der Waals surface area contributed by atoms with Crippen LogP contribution in [0.4, 0.5) is 11.4 Å². The van der Waals surface area contributed by atoms with Gasteiger partial charge in [-0.25, -0.2) is 8.42 Å². The first-order valence-corrected chi connectivity index (χ1v) is 9.83. The molecule has 0 unspecified atom stereocenters. The number of nitrogens with zero attached hydrogens (tertiary/aromatic N) is 1. The molecule has 6 nitrogen and oxygen atoms in total. The van der Waals surface area contributed by atoms with Crippen LogP contribution in [-0.2, 0) is 14.8 Å². The van der Waals surface area contributed by atoms with Crippen LogP contribution in [0.15, 0.2) is 41.3 Å². The van der Waals surface area contributed by atoms with Crippen molar-refractivity contribution < 1.29 is 17.9 Å². The zero-order valence-electron chi connectivity index (χ0n) is 15.2. The molecule has 26 heavy (non-hydrogen) atoms. The number of aryl methyl sites for hydroxylation is 1. The summed E-state index contributed by atoms with van der Waals surface area (Å²) < 4.78 is 38.7. The summed E-state index contributed by atoms with van der Waals surface area (Å²) in [4.78, 5) is 1.91. The number of benzene rings is 2. The molecule has 0 aromatic heterocycles. The Morgan fingerprint density at radius 2 is 1.88 bits per heavy atom. The molecule has 2 rings (SSSR count). The fourth-order valence-electron chi connectivity index (χ4n) is 2.44. The van der Waals surface area contributed by atoms with Crippen molar-refractivity contribution in [1.29, 1.82) is 0 Å². The summed E-state index contributed by atoms with van der Waals surface area (Å²) in [6, 6.07) is 9.82. The van der Waals surface area contributed by atoms with Gasteiger partial charge in [0.05, 0.1) is 27.9 Å². The van der Waals surface area contributed by atoms with Gasteiger partial charge in [-0.15, -0.1) is 0 Å². The predicted molar refractivity (Wildman–Crippen MR) is 105 cm³/mol. The molecule has 0 saturated carbocycles. The van der Waals surface area contributed by atoms with Crippen molar-refractivity contribution in [1.82, 2.24) is 0 Å². The molecule has 0 aliphatic rings. The lowest BCUT2D eigenvalue weighted by Gasteiger charge is -2.20. The van der Waals surface area contributed by atoms with Crippen molar-refractivity contribution in [2.45, 2.75) is 11.8 Å². The largest absolute Gasteiger partial charge is 0.491 e. The third-order valence-corrected chi connectivity index (χ3v) is 5.35. The highest BCUT2D eigenvalue weighted by Crippen LogP contribution is 2.34. The summed E-state index contributed by atoms with van der Waals surface area (Å²) in [5.41, 5.74) is 1.75. The number of methoxy groups -OCH3 is 1. The molecule has 1 N–H and O–H groups in total. The van der Waals surface area contributed by atoms with Crippen LogP contribution >= 0.6 is 11.6 Å². The molecule has 0 radical (unpaired) electrons. The maximum Gasteiger partial charge on any atom is 0.261 e. The van der Waals surface area contributed by atoms with Crippen LogP contribution in [0.3, 0.4) is 0 Å². The Bertz CT molecular complexity index is 869. The van der Waals surface area contributed by atoms with Gasteiger partial charge in [0.1, 0.15) is 12.4 Å². The lowest BCUT2D eigenvalue weighted by atomic mass is 10.2. The molecule has 0 aliphatic carbocycles. The Morgan fingerprint density at radius 1 is 1.15 bits per heavy atom. The second-order valence-corrected chi connectivity index (χ2v) is 7.99. The molecular weight excluding hydrogens is 376 g/mol. The van der Waals surface area contributed by atoms with Crippen LogP contribution in [0.2, 0.25) is 5.02 Å². The van der Waals surface area contributed by atoms with E-state index in [0.717, 1.165) is 5.56 Å². The zero-order valence-corrected chi connectivity index (χ0v) is 16.8. The summed E-state index contributed by atoms with van der Waals surface area (Å²) in [6.07, 6.45) is 0. The van der Waals surface area contributed by atoms with E-state index in [-0.39, 0.29) is 4.90 Å². The highest BCUT2D eigenvalue weighted by atomic mass is 35.5. The second kappa shape index (κ2) is 8.62. The van der Waals surface area contributed by atoms with E-state index in [9.17, 15) is 8.42 Å². The zero-order chi connectivity index (χ0) is 19.3. The van der Waals surface area contributed by atoms with Gasteiger partial charge in [-0.1, -0.05) is 17.7 Å². The number of anilines is 2. The second-order valence-electron chi connectivity index (χ2n) is 5.90. The van der Waals surface area contributed by atoms with E-state index in [1.807, 2.05) is 0 Å². The molecule has 0 saturated heterocycles. The van der Waals surface area contributed by atoms with Crippen molar-refractivity contribution in [3.05, 3.63) is 47.0 Å². The summed E-state index contributed by atoms with van der Waals surface area (Å²) in [7, 11) is 1.43. The standard InChI is InChI=1S/C18H23ClN2O4S/c1-13-12-14(8-9-17(13)25-11-10-24-4)26(22,23)20-16-7-5-6-15(19)18(16)21(2)3/h5-9,12,20H,10-11H2,1-4H3. The molecule has 0 spiro atoms. The number of rotatable bonds is 8. The van der Waals surface area contributed by atoms with Gasteiger partial charge in [0.15, 0.2) is 0 Å². The van der Waals surface area contributed by atoms with Gasteiger partial charge in [0.25, 0.3) is 10.0 Å². The maximum atomic E-state index is 12.8. The first kappa shape index (κ1) is 20.4. The molecule has 0 amide bonds. The van der Waals surface area contributed by atoms with Gasteiger partial charge in [0, 0.05) is 21.2 Å².